The molecule has 10 atom stereocenters. The molecule has 7 N–H and O–H groups in total. The molecule has 186 valence electrons. The van der Waals surface area contributed by atoms with Gasteiger partial charge in [-0.15, -0.1) is 0 Å². The molecule has 0 bridgehead atoms. The average Bonchev–Trinajstić information content (AvgIpc) is 2.75. The summed E-state index contributed by atoms with van der Waals surface area (Å²) >= 11 is 0. The number of hydrogen-bond acceptors (Lipinski definition) is 12. The van der Waals surface area contributed by atoms with Crippen molar-refractivity contribution in [1.29, 1.82) is 0 Å². The van der Waals surface area contributed by atoms with Crippen LogP contribution in [0.3, 0.4) is 0 Å². The van der Waals surface area contributed by atoms with Crippen LogP contribution in [0.1, 0.15) is 6.42 Å². The van der Waals surface area contributed by atoms with Crippen molar-refractivity contribution in [2.45, 2.75) is 67.6 Å². The third-order valence-corrected chi connectivity index (χ3v) is 5.41. The second kappa shape index (κ2) is 19.1. The molecule has 2 fully saturated rings. The molecule has 1 saturated carbocycles. The quantitative estimate of drug-likeness (QED) is 0.113. The molecule has 3 rings (SSSR count). The van der Waals surface area contributed by atoms with Crippen LogP contribution in [-0.2, 0) is 9.47 Å². The number of non-ortho nitro benzene ring substituents is 1. The average molecular weight is 1360 g/mol. The van der Waals surface area contributed by atoms with Crippen LogP contribution < -0.4 is 4.74 Å². The Bertz CT molecular complexity index is 766. The number of rotatable bonds is 6. The van der Waals surface area contributed by atoms with E-state index in [9.17, 15) is 45.9 Å². The van der Waals surface area contributed by atoms with Gasteiger partial charge in [-0.25, -0.2) is 0 Å². The maximum Gasteiger partial charge on any atom is 0.269 e. The fraction of sp³-hybridized carbons (Fsp3) is 0.667. The summed E-state index contributed by atoms with van der Waals surface area (Å²) in [4.78, 5) is 10.2. The Balaban J connectivity index is 0. The second-order valence-electron chi connectivity index (χ2n) is 7.49. The van der Waals surface area contributed by atoms with Gasteiger partial charge < -0.3 is 50.0 Å². The summed E-state index contributed by atoms with van der Waals surface area (Å²) < 4.78 is 16.7. The minimum Gasteiger partial charge on any atom is -0.462 e. The normalized spacial score (nSPS) is 36.3. The van der Waals surface area contributed by atoms with Gasteiger partial charge in [-0.05, 0) is 12.1 Å². The van der Waals surface area contributed by atoms with E-state index in [0.717, 1.165) is 0 Å². The van der Waals surface area contributed by atoms with Gasteiger partial charge in [0.05, 0.1) is 23.7 Å². The fourth-order valence-corrected chi connectivity index (χ4v) is 3.58. The first-order valence-electron chi connectivity index (χ1n) is 9.55. The number of benzene rings is 1. The molecule has 1 aliphatic carbocycles. The monoisotopic (exact) mass is 1360 g/mol. The van der Waals surface area contributed by atoms with E-state index >= 15 is 0 Å². The van der Waals surface area contributed by atoms with Gasteiger partial charge in [0.25, 0.3) is 5.69 Å². The van der Waals surface area contributed by atoms with E-state index in [-0.39, 0.29) is 194 Å². The Morgan fingerprint density at radius 2 is 1.46 bits per heavy atom. The molecule has 0 amide bonds. The Hall–Kier alpha value is 3.83. The zero-order valence-corrected chi connectivity index (χ0v) is 37.4. The van der Waals surface area contributed by atoms with E-state index < -0.39 is 72.8 Å². The van der Waals surface area contributed by atoms with Gasteiger partial charge >= 0.3 is 0 Å². The predicted octanol–water partition coefficient (Wildman–Crippen LogP) is -2.99. The minimum atomic E-state index is -1.72. The largest absolute Gasteiger partial charge is 0.462 e. The van der Waals surface area contributed by atoms with Crippen LogP contribution in [0.25, 0.3) is 0 Å². The summed E-state index contributed by atoms with van der Waals surface area (Å²) in [5.41, 5.74) is -0.194. The zero-order valence-electron chi connectivity index (χ0n) is 18.4. The SMILES string of the molecule is O=[N+]([O-])c1ccc(OC2OC(CO)[C@@H](O)[C@H](O)[C@@H]2OC2CC(O)[C@@H](O)[C@H](O)[C@@H]2O)cc1.[Ac].[Ac].[Ac].[Ac]. The number of nitro groups is 1. The summed E-state index contributed by atoms with van der Waals surface area (Å²) in [5.74, 6) is 0.0872. The maximum atomic E-state index is 10.8. The number of aliphatic hydroxyl groups excluding tert-OH is 7. The fourth-order valence-electron chi connectivity index (χ4n) is 3.58. The van der Waals surface area contributed by atoms with Crippen molar-refractivity contribution in [2.24, 2.45) is 0 Å². The molecule has 1 aliphatic heterocycles. The van der Waals surface area contributed by atoms with E-state index in [4.69, 9.17) is 14.2 Å². The van der Waals surface area contributed by atoms with Gasteiger partial charge in [0.1, 0.15) is 48.5 Å². The molecule has 4 radical (unpaired) electrons. The minimum absolute atomic E-state index is 0. The topological polar surface area (TPSA) is 212 Å². The number of hydrogen-bond donors (Lipinski definition) is 7. The third-order valence-electron chi connectivity index (χ3n) is 5.41. The van der Waals surface area contributed by atoms with Gasteiger partial charge in [-0.3, -0.25) is 10.1 Å². The molecule has 1 aromatic carbocycles. The van der Waals surface area contributed by atoms with Crippen LogP contribution in [0.4, 0.5) is 5.69 Å². The summed E-state index contributed by atoms with van der Waals surface area (Å²) in [6.07, 6.45) is -15.3. The van der Waals surface area contributed by atoms with Crippen LogP contribution in [0.2, 0.25) is 0 Å². The third kappa shape index (κ3) is 10.6. The number of ether oxygens (including phenoxy) is 3. The van der Waals surface area contributed by atoms with Crippen molar-refractivity contribution in [1.82, 2.24) is 0 Å². The van der Waals surface area contributed by atoms with Crippen molar-refractivity contribution in [3.63, 3.8) is 0 Å². The molecule has 0 aromatic heterocycles. The Morgan fingerprint density at radius 1 is 0.886 bits per heavy atom. The van der Waals surface area contributed by atoms with Gasteiger partial charge in [0, 0.05) is 195 Å². The van der Waals surface area contributed by atoms with Gasteiger partial charge in [-0.2, -0.15) is 0 Å². The Kier molecular flexibility index (Phi) is 22.4. The van der Waals surface area contributed by atoms with Gasteiger partial charge in [0.2, 0.25) is 6.29 Å². The number of nitrogens with zero attached hydrogens (tertiary/aromatic N) is 1. The zero-order chi connectivity index (χ0) is 22.9. The van der Waals surface area contributed by atoms with Crippen LogP contribution in [-0.4, -0.2) is 109 Å². The second-order valence-corrected chi connectivity index (χ2v) is 7.49. The molecular weight excluding hydrogens is 1330 g/mol. The van der Waals surface area contributed by atoms with Gasteiger partial charge in [0.15, 0.2) is 0 Å². The van der Waals surface area contributed by atoms with Crippen molar-refractivity contribution in [3.05, 3.63) is 34.4 Å². The van der Waals surface area contributed by atoms with E-state index in [1.165, 1.54) is 24.3 Å². The summed E-state index contributed by atoms with van der Waals surface area (Å²) in [5, 5.41) is 80.5. The number of aliphatic hydroxyl groups is 7. The Labute approximate surface area is 344 Å². The maximum absolute atomic E-state index is 10.8. The van der Waals surface area contributed by atoms with E-state index in [2.05, 4.69) is 0 Å². The van der Waals surface area contributed by atoms with Crippen LogP contribution in [0, 0.1) is 186 Å². The van der Waals surface area contributed by atoms with Crippen LogP contribution in [0.5, 0.6) is 5.75 Å². The van der Waals surface area contributed by atoms with Crippen molar-refractivity contribution in [3.8, 4) is 5.75 Å². The molecule has 13 nitrogen and oxygen atoms in total. The molecular formula is C18H25Ac4NO12. The summed E-state index contributed by atoms with van der Waals surface area (Å²) in [6, 6.07) is 4.87. The van der Waals surface area contributed by atoms with E-state index in [1.807, 2.05) is 0 Å². The van der Waals surface area contributed by atoms with Gasteiger partial charge in [-0.1, -0.05) is 0 Å². The molecule has 35 heavy (non-hydrogen) atoms. The smallest absolute Gasteiger partial charge is 0.269 e. The molecule has 17 heteroatoms. The van der Waals surface area contributed by atoms with Crippen molar-refractivity contribution < 1.29 is 231 Å². The van der Waals surface area contributed by atoms with Crippen molar-refractivity contribution >= 4 is 5.69 Å². The molecule has 2 aliphatic rings. The van der Waals surface area contributed by atoms with Crippen molar-refractivity contribution in [2.75, 3.05) is 6.61 Å². The molecule has 1 heterocycles. The van der Waals surface area contributed by atoms with E-state index in [0.29, 0.717) is 0 Å². The van der Waals surface area contributed by atoms with Crippen LogP contribution in [0.15, 0.2) is 24.3 Å². The van der Waals surface area contributed by atoms with Crippen LogP contribution >= 0.6 is 0 Å². The predicted molar refractivity (Wildman–Crippen MR) is 98.8 cm³/mol. The Morgan fingerprint density at radius 3 is 1.97 bits per heavy atom. The first-order valence-corrected chi connectivity index (χ1v) is 9.55. The summed E-state index contributed by atoms with van der Waals surface area (Å²) in [7, 11) is 0. The molecule has 1 saturated heterocycles. The molecule has 4 unspecified atom stereocenters. The first kappa shape index (κ1) is 41.0. The number of nitro benzene ring substituents is 1. The van der Waals surface area contributed by atoms with E-state index in [1.54, 1.807) is 0 Å². The standard InChI is InChI=1S/C18H25NO12.4Ac/c20-6-11-14(24)16(26)17(30-10-5-9(21)12(22)15(25)13(10)23)18(31-11)29-8-3-1-7(2-4-8)19(27)28;;;;/h1-4,9-18,20-26H,5-6H2;;;;/t9?,10?,11?,12-,13-,14-,15+,16+,17+,18?;;;;/m1..../s1. The molecule has 1 aromatic rings. The first-order chi connectivity index (χ1) is 14.6. The summed E-state index contributed by atoms with van der Waals surface area (Å²) in [6.45, 7) is -0.666. The molecule has 0 spiro atoms.